The number of carbonyl (C=O) groups is 1. The Bertz CT molecular complexity index is 145. The molecule has 11 heavy (non-hydrogen) atoms. The van der Waals surface area contributed by atoms with E-state index in [-0.39, 0.29) is 5.97 Å². The zero-order valence-corrected chi connectivity index (χ0v) is 8.77. The Labute approximate surface area is 75.2 Å². The molecule has 0 aromatic rings. The number of ether oxygens (including phenoxy) is 2. The average Bonchev–Trinajstić information content (AvgIpc) is 2.01. The first kappa shape index (κ1) is 10.9. The van der Waals surface area contributed by atoms with Gasteiger partial charge in [-0.3, -0.25) is 4.79 Å². The quantitative estimate of drug-likeness (QED) is 0.537. The average molecular weight is 225 g/mol. The lowest BCUT2D eigenvalue weighted by Crippen LogP contribution is -2.40. The zero-order valence-electron chi connectivity index (χ0n) is 7.18. The highest BCUT2D eigenvalue weighted by Gasteiger charge is 2.33. The number of methoxy groups -OCH3 is 2. The van der Waals surface area contributed by atoms with Crippen LogP contribution in [0.2, 0.25) is 0 Å². The second kappa shape index (κ2) is 4.07. The first-order valence-electron chi connectivity index (χ1n) is 3.22. The molecule has 66 valence electrons. The first-order valence-corrected chi connectivity index (χ1v) is 4.14. The van der Waals surface area contributed by atoms with Crippen molar-refractivity contribution in [1.29, 1.82) is 0 Å². The van der Waals surface area contributed by atoms with E-state index in [0.29, 0.717) is 0 Å². The maximum atomic E-state index is 11.0. The third-order valence-corrected chi connectivity index (χ3v) is 3.02. The molecule has 0 aromatic carbocycles. The molecular formula is C7H13BrO3. The van der Waals surface area contributed by atoms with Gasteiger partial charge in [-0.15, -0.1) is 0 Å². The Morgan fingerprint density at radius 2 is 1.91 bits per heavy atom. The van der Waals surface area contributed by atoms with Gasteiger partial charge in [-0.05, 0) is 13.8 Å². The molecule has 0 heterocycles. The van der Waals surface area contributed by atoms with Crippen molar-refractivity contribution in [2.24, 2.45) is 0 Å². The van der Waals surface area contributed by atoms with Gasteiger partial charge in [0.2, 0.25) is 0 Å². The second-order valence-corrected chi connectivity index (χ2v) is 3.61. The lowest BCUT2D eigenvalue weighted by atomic mass is 10.1. The van der Waals surface area contributed by atoms with Crippen molar-refractivity contribution in [1.82, 2.24) is 0 Å². The molecule has 0 fully saturated rings. The molecule has 0 amide bonds. The molecule has 0 saturated carbocycles. The molecule has 3 nitrogen and oxygen atoms in total. The Morgan fingerprint density at radius 3 is 2.18 bits per heavy atom. The van der Waals surface area contributed by atoms with Gasteiger partial charge in [0.15, 0.2) is 0 Å². The molecule has 0 unspecified atom stereocenters. The van der Waals surface area contributed by atoms with Crippen LogP contribution in [0.3, 0.4) is 0 Å². The van der Waals surface area contributed by atoms with Crippen LogP contribution >= 0.6 is 15.9 Å². The minimum absolute atomic E-state index is 0.322. The van der Waals surface area contributed by atoms with Gasteiger partial charge in [-0.25, -0.2) is 0 Å². The maximum absolute atomic E-state index is 11.0. The summed E-state index contributed by atoms with van der Waals surface area (Å²) in [4.78, 5) is 10.5. The third kappa shape index (κ3) is 2.79. The zero-order chi connectivity index (χ0) is 9.07. The molecule has 0 aromatic heterocycles. The summed E-state index contributed by atoms with van der Waals surface area (Å²) in [7, 11) is 2.90. The highest BCUT2D eigenvalue weighted by Crippen LogP contribution is 2.21. The van der Waals surface area contributed by atoms with Gasteiger partial charge >= 0.3 is 5.97 Å². The Balaban J connectivity index is 4.22. The topological polar surface area (TPSA) is 35.5 Å². The van der Waals surface area contributed by atoms with Crippen molar-refractivity contribution in [2.75, 3.05) is 14.2 Å². The predicted octanol–water partition coefficient (Wildman–Crippen LogP) is 1.35. The van der Waals surface area contributed by atoms with Crippen LogP contribution in [0.4, 0.5) is 0 Å². The molecule has 0 bridgehead atoms. The maximum Gasteiger partial charge on any atom is 0.322 e. The molecule has 0 N–H and O–H groups in total. The fourth-order valence-corrected chi connectivity index (χ4v) is 0.865. The van der Waals surface area contributed by atoms with Crippen LogP contribution in [0.1, 0.15) is 13.8 Å². The summed E-state index contributed by atoms with van der Waals surface area (Å²) in [6, 6.07) is 0. The minimum Gasteiger partial charge on any atom is -0.468 e. The van der Waals surface area contributed by atoms with E-state index in [0.717, 1.165) is 0 Å². The van der Waals surface area contributed by atoms with E-state index in [4.69, 9.17) is 4.74 Å². The van der Waals surface area contributed by atoms with Crippen molar-refractivity contribution in [3.63, 3.8) is 0 Å². The molecular weight excluding hydrogens is 212 g/mol. The van der Waals surface area contributed by atoms with E-state index in [1.807, 2.05) is 13.8 Å². The number of carbonyl (C=O) groups excluding carboxylic acids is 1. The van der Waals surface area contributed by atoms with E-state index in [9.17, 15) is 4.79 Å². The summed E-state index contributed by atoms with van der Waals surface area (Å²) in [6.07, 6.45) is 0. The molecule has 0 spiro atoms. The molecule has 0 aliphatic carbocycles. The monoisotopic (exact) mass is 224 g/mol. The summed E-state index contributed by atoms with van der Waals surface area (Å²) in [6.45, 7) is 3.62. The molecule has 0 rings (SSSR count). The van der Waals surface area contributed by atoms with Crippen LogP contribution in [-0.4, -0.2) is 30.6 Å². The standard InChI is InChI=1S/C7H13BrO3/c1-7(2,11-4)5(8)6(9)10-3/h5H,1-4H3/t5-/m0/s1. The predicted molar refractivity (Wildman–Crippen MR) is 45.8 cm³/mol. The number of hydrogen-bond acceptors (Lipinski definition) is 3. The smallest absolute Gasteiger partial charge is 0.322 e. The summed E-state index contributed by atoms with van der Waals surface area (Å²) in [5.41, 5.74) is -0.535. The summed E-state index contributed by atoms with van der Waals surface area (Å²) in [5, 5.41) is 0. The molecule has 0 saturated heterocycles. The number of esters is 1. The first-order chi connectivity index (χ1) is 4.95. The van der Waals surface area contributed by atoms with Crippen molar-refractivity contribution in [3.05, 3.63) is 0 Å². The SMILES string of the molecule is COC(=O)[C@H](Br)C(C)(C)OC. The van der Waals surface area contributed by atoms with Crippen LogP contribution in [0.15, 0.2) is 0 Å². The molecule has 0 aliphatic heterocycles. The summed E-state index contributed by atoms with van der Waals surface area (Å²) < 4.78 is 9.61. The number of alkyl halides is 1. The van der Waals surface area contributed by atoms with Crippen LogP contribution < -0.4 is 0 Å². The fourth-order valence-electron chi connectivity index (χ4n) is 0.491. The van der Waals surface area contributed by atoms with Gasteiger partial charge in [-0.1, -0.05) is 15.9 Å². The van der Waals surface area contributed by atoms with Crippen LogP contribution in [0.5, 0.6) is 0 Å². The van der Waals surface area contributed by atoms with E-state index < -0.39 is 10.4 Å². The molecule has 0 radical (unpaired) electrons. The van der Waals surface area contributed by atoms with Crippen molar-refractivity contribution >= 4 is 21.9 Å². The number of hydrogen-bond donors (Lipinski definition) is 0. The van der Waals surface area contributed by atoms with Gasteiger partial charge in [0.25, 0.3) is 0 Å². The largest absolute Gasteiger partial charge is 0.468 e. The summed E-state index contributed by atoms with van der Waals surface area (Å²) >= 11 is 3.19. The minimum atomic E-state index is -0.535. The molecule has 4 heteroatoms. The van der Waals surface area contributed by atoms with E-state index in [2.05, 4.69) is 20.7 Å². The van der Waals surface area contributed by atoms with Crippen molar-refractivity contribution in [2.45, 2.75) is 24.3 Å². The van der Waals surface area contributed by atoms with Gasteiger partial charge in [0.05, 0.1) is 12.7 Å². The highest BCUT2D eigenvalue weighted by atomic mass is 79.9. The second-order valence-electron chi connectivity index (χ2n) is 2.69. The number of rotatable bonds is 3. The number of halogens is 1. The van der Waals surface area contributed by atoms with Crippen molar-refractivity contribution in [3.8, 4) is 0 Å². The fraction of sp³-hybridized carbons (Fsp3) is 0.857. The lowest BCUT2D eigenvalue weighted by Gasteiger charge is -2.26. The lowest BCUT2D eigenvalue weighted by molar-refractivity contribution is -0.144. The molecule has 1 atom stereocenters. The van der Waals surface area contributed by atoms with E-state index in [1.54, 1.807) is 7.11 Å². The van der Waals surface area contributed by atoms with Gasteiger partial charge < -0.3 is 9.47 Å². The molecule has 0 aliphatic rings. The van der Waals surface area contributed by atoms with Gasteiger partial charge in [-0.2, -0.15) is 0 Å². The normalized spacial score (nSPS) is 14.3. The third-order valence-electron chi connectivity index (χ3n) is 1.54. The van der Waals surface area contributed by atoms with Gasteiger partial charge in [0, 0.05) is 7.11 Å². The Kier molecular flexibility index (Phi) is 4.03. The van der Waals surface area contributed by atoms with Crippen molar-refractivity contribution < 1.29 is 14.3 Å². The van der Waals surface area contributed by atoms with E-state index in [1.165, 1.54) is 7.11 Å². The van der Waals surface area contributed by atoms with Crippen LogP contribution in [0, 0.1) is 0 Å². The van der Waals surface area contributed by atoms with E-state index >= 15 is 0 Å². The summed E-state index contributed by atoms with van der Waals surface area (Å²) in [5.74, 6) is -0.322. The van der Waals surface area contributed by atoms with Crippen LogP contribution in [-0.2, 0) is 14.3 Å². The Morgan fingerprint density at radius 1 is 1.45 bits per heavy atom. The Hall–Kier alpha value is -0.0900. The highest BCUT2D eigenvalue weighted by molar-refractivity contribution is 9.10. The van der Waals surface area contributed by atoms with Crippen LogP contribution in [0.25, 0.3) is 0 Å². The van der Waals surface area contributed by atoms with Gasteiger partial charge in [0.1, 0.15) is 4.83 Å².